The minimum Gasteiger partial charge on any atom is -0.461 e. The van der Waals surface area contributed by atoms with E-state index in [-0.39, 0.29) is 22.6 Å². The van der Waals surface area contributed by atoms with E-state index >= 15 is 0 Å². The van der Waals surface area contributed by atoms with Crippen molar-refractivity contribution in [3.8, 4) is 10.9 Å². The van der Waals surface area contributed by atoms with Crippen molar-refractivity contribution >= 4 is 23.0 Å². The van der Waals surface area contributed by atoms with Crippen molar-refractivity contribution in [2.24, 2.45) is 0 Å². The van der Waals surface area contributed by atoms with Crippen molar-refractivity contribution in [1.29, 1.82) is 0 Å². The van der Waals surface area contributed by atoms with E-state index in [2.05, 4.69) is 10.2 Å². The van der Waals surface area contributed by atoms with E-state index in [1.807, 2.05) is 0 Å². The zero-order valence-electron chi connectivity index (χ0n) is 10.6. The summed E-state index contributed by atoms with van der Waals surface area (Å²) in [7, 11) is 0. The van der Waals surface area contributed by atoms with Crippen LogP contribution in [0, 0.1) is 15.9 Å². The number of aromatic nitrogens is 2. The van der Waals surface area contributed by atoms with E-state index in [9.17, 15) is 19.3 Å². The number of esters is 1. The third kappa shape index (κ3) is 3.48. The minimum absolute atomic E-state index is 0.0448. The summed E-state index contributed by atoms with van der Waals surface area (Å²) in [6.07, 6.45) is 0. The van der Waals surface area contributed by atoms with Gasteiger partial charge >= 0.3 is 11.7 Å². The highest BCUT2D eigenvalue weighted by atomic mass is 32.1. The fourth-order valence-electron chi connectivity index (χ4n) is 1.34. The lowest BCUT2D eigenvalue weighted by Gasteiger charge is -2.01. The first-order valence-electron chi connectivity index (χ1n) is 5.63. The van der Waals surface area contributed by atoms with Crippen LogP contribution in [0.15, 0.2) is 18.2 Å². The van der Waals surface area contributed by atoms with Crippen LogP contribution in [0.2, 0.25) is 0 Å². The largest absolute Gasteiger partial charge is 0.461 e. The molecule has 0 fully saturated rings. The molecule has 1 aromatic carbocycles. The Morgan fingerprint density at radius 2 is 2.24 bits per heavy atom. The van der Waals surface area contributed by atoms with Gasteiger partial charge in [0.2, 0.25) is 10.8 Å². The average molecular weight is 313 g/mol. The van der Waals surface area contributed by atoms with Crippen molar-refractivity contribution in [2.45, 2.75) is 6.92 Å². The predicted octanol–water partition coefficient (Wildman–Crippen LogP) is 2.55. The van der Waals surface area contributed by atoms with Crippen LogP contribution in [0.3, 0.4) is 0 Å². The van der Waals surface area contributed by atoms with Gasteiger partial charge in [0.1, 0.15) is 5.82 Å². The van der Waals surface area contributed by atoms with Crippen LogP contribution in [-0.4, -0.2) is 27.7 Å². The van der Waals surface area contributed by atoms with Gasteiger partial charge < -0.3 is 9.47 Å². The number of carbonyl (C=O) groups is 1. The maximum Gasteiger partial charge on any atom is 0.369 e. The molecule has 0 aliphatic heterocycles. The summed E-state index contributed by atoms with van der Waals surface area (Å²) >= 11 is 0.765. The number of nitro benzene ring substituents is 1. The molecule has 0 saturated heterocycles. The SMILES string of the molecule is CCOC(=O)c1nnc(Oc2ccc(F)cc2[N+](=O)[O-])s1. The highest BCUT2D eigenvalue weighted by Crippen LogP contribution is 2.33. The fourth-order valence-corrected chi connectivity index (χ4v) is 1.94. The summed E-state index contributed by atoms with van der Waals surface area (Å²) in [5.41, 5.74) is -0.553. The van der Waals surface area contributed by atoms with Crippen LogP contribution in [0.1, 0.15) is 16.7 Å². The van der Waals surface area contributed by atoms with Gasteiger partial charge in [-0.1, -0.05) is 5.10 Å². The molecule has 0 spiro atoms. The summed E-state index contributed by atoms with van der Waals surface area (Å²) in [6, 6.07) is 2.83. The van der Waals surface area contributed by atoms with Gasteiger partial charge in [-0.15, -0.1) is 5.10 Å². The molecule has 0 N–H and O–H groups in total. The summed E-state index contributed by atoms with van der Waals surface area (Å²) in [5.74, 6) is -1.63. The number of nitro groups is 1. The normalized spacial score (nSPS) is 10.2. The second-order valence-electron chi connectivity index (χ2n) is 3.56. The fraction of sp³-hybridized carbons (Fsp3) is 0.182. The highest BCUT2D eigenvalue weighted by molar-refractivity contribution is 7.14. The molecule has 21 heavy (non-hydrogen) atoms. The van der Waals surface area contributed by atoms with Gasteiger partial charge in [-0.25, -0.2) is 9.18 Å². The van der Waals surface area contributed by atoms with E-state index < -0.39 is 22.4 Å². The van der Waals surface area contributed by atoms with Crippen molar-refractivity contribution in [3.63, 3.8) is 0 Å². The summed E-state index contributed by atoms with van der Waals surface area (Å²) < 4.78 is 22.9. The Bertz CT molecular complexity index is 690. The van der Waals surface area contributed by atoms with Gasteiger partial charge in [0.25, 0.3) is 5.19 Å². The second kappa shape index (κ2) is 6.22. The molecule has 0 aliphatic carbocycles. The maximum absolute atomic E-state index is 13.0. The molecule has 2 rings (SSSR count). The van der Waals surface area contributed by atoms with Crippen molar-refractivity contribution in [3.05, 3.63) is 39.1 Å². The zero-order chi connectivity index (χ0) is 15.4. The third-order valence-electron chi connectivity index (χ3n) is 2.17. The molecular formula is C11H8FN3O5S. The molecule has 8 nitrogen and oxygen atoms in total. The maximum atomic E-state index is 13.0. The standard InChI is InChI=1S/C11H8FN3O5S/c1-2-19-10(16)9-13-14-11(21-9)20-8-4-3-6(12)5-7(8)15(17)18/h3-5H,2H2,1H3. The molecule has 0 atom stereocenters. The molecular weight excluding hydrogens is 305 g/mol. The van der Waals surface area contributed by atoms with Crippen molar-refractivity contribution < 1.29 is 23.6 Å². The lowest BCUT2D eigenvalue weighted by atomic mass is 10.3. The monoisotopic (exact) mass is 313 g/mol. The number of nitrogens with zero attached hydrogens (tertiary/aromatic N) is 3. The van der Waals surface area contributed by atoms with Crippen LogP contribution < -0.4 is 4.74 Å². The molecule has 110 valence electrons. The van der Waals surface area contributed by atoms with E-state index in [0.29, 0.717) is 0 Å². The first-order valence-corrected chi connectivity index (χ1v) is 6.45. The zero-order valence-corrected chi connectivity index (χ0v) is 11.4. The highest BCUT2D eigenvalue weighted by Gasteiger charge is 2.20. The smallest absolute Gasteiger partial charge is 0.369 e. The topological polar surface area (TPSA) is 104 Å². The van der Waals surface area contributed by atoms with Gasteiger partial charge in [0.15, 0.2) is 0 Å². The molecule has 0 aliphatic rings. The molecule has 0 amide bonds. The van der Waals surface area contributed by atoms with Crippen LogP contribution >= 0.6 is 11.3 Å². The average Bonchev–Trinajstić information content (AvgIpc) is 2.89. The number of rotatable bonds is 5. The molecule has 1 aromatic heterocycles. The Kier molecular flexibility index (Phi) is 4.38. The van der Waals surface area contributed by atoms with Crippen LogP contribution in [0.5, 0.6) is 10.9 Å². The Hall–Kier alpha value is -2.62. The number of halogens is 1. The quantitative estimate of drug-likeness (QED) is 0.474. The summed E-state index contributed by atoms with van der Waals surface area (Å²) in [6.45, 7) is 1.82. The van der Waals surface area contributed by atoms with Gasteiger partial charge in [-0.3, -0.25) is 10.1 Å². The number of ether oxygens (including phenoxy) is 2. The Balaban J connectivity index is 2.23. The number of benzene rings is 1. The molecule has 0 saturated carbocycles. The molecule has 0 unspecified atom stereocenters. The Morgan fingerprint density at radius 3 is 2.90 bits per heavy atom. The third-order valence-corrected chi connectivity index (χ3v) is 2.95. The lowest BCUT2D eigenvalue weighted by molar-refractivity contribution is -0.385. The minimum atomic E-state index is -0.786. The van der Waals surface area contributed by atoms with Gasteiger partial charge in [0, 0.05) is 0 Å². The Labute approximate surface area is 121 Å². The molecule has 1 heterocycles. The van der Waals surface area contributed by atoms with E-state index in [1.54, 1.807) is 6.92 Å². The van der Waals surface area contributed by atoms with Gasteiger partial charge in [0.05, 0.1) is 17.6 Å². The van der Waals surface area contributed by atoms with Crippen LogP contribution in [-0.2, 0) is 4.74 Å². The molecule has 10 heteroatoms. The predicted molar refractivity (Wildman–Crippen MR) is 69.0 cm³/mol. The lowest BCUT2D eigenvalue weighted by Crippen LogP contribution is -2.03. The molecule has 0 radical (unpaired) electrons. The second-order valence-corrected chi connectivity index (χ2v) is 4.50. The number of hydrogen-bond acceptors (Lipinski definition) is 8. The van der Waals surface area contributed by atoms with Gasteiger partial charge in [-0.05, 0) is 30.4 Å². The van der Waals surface area contributed by atoms with E-state index in [1.165, 1.54) is 0 Å². The van der Waals surface area contributed by atoms with Crippen LogP contribution in [0.25, 0.3) is 0 Å². The van der Waals surface area contributed by atoms with Crippen LogP contribution in [0.4, 0.5) is 10.1 Å². The number of carbonyl (C=O) groups excluding carboxylic acids is 1. The Morgan fingerprint density at radius 1 is 1.48 bits per heavy atom. The van der Waals surface area contributed by atoms with Crippen molar-refractivity contribution in [1.82, 2.24) is 10.2 Å². The van der Waals surface area contributed by atoms with Gasteiger partial charge in [-0.2, -0.15) is 0 Å². The van der Waals surface area contributed by atoms with Crippen molar-refractivity contribution in [2.75, 3.05) is 6.61 Å². The summed E-state index contributed by atoms with van der Waals surface area (Å²) in [5, 5.41) is 17.8. The first-order chi connectivity index (χ1) is 10.0. The van der Waals surface area contributed by atoms with E-state index in [0.717, 1.165) is 29.5 Å². The molecule has 2 aromatic rings. The number of hydrogen-bond donors (Lipinski definition) is 0. The molecule has 0 bridgehead atoms. The summed E-state index contributed by atoms with van der Waals surface area (Å²) in [4.78, 5) is 21.4. The van der Waals surface area contributed by atoms with E-state index in [4.69, 9.17) is 9.47 Å². The first kappa shape index (κ1) is 14.8.